The van der Waals surface area contributed by atoms with Crippen molar-refractivity contribution < 1.29 is 9.53 Å². The molecule has 4 nitrogen and oxygen atoms in total. The second-order valence-corrected chi connectivity index (χ2v) is 7.94. The van der Waals surface area contributed by atoms with Crippen molar-refractivity contribution in [3.8, 4) is 5.75 Å². The van der Waals surface area contributed by atoms with Gasteiger partial charge in [0.1, 0.15) is 5.75 Å². The highest BCUT2D eigenvalue weighted by Gasteiger charge is 2.16. The molecule has 0 spiro atoms. The van der Waals surface area contributed by atoms with Crippen LogP contribution in [0.3, 0.4) is 0 Å². The van der Waals surface area contributed by atoms with Gasteiger partial charge >= 0.3 is 0 Å². The van der Waals surface area contributed by atoms with Crippen molar-refractivity contribution in [1.82, 2.24) is 5.32 Å². The van der Waals surface area contributed by atoms with E-state index in [1.807, 2.05) is 30.3 Å². The Bertz CT molecular complexity index is 705. The molecule has 2 aromatic rings. The van der Waals surface area contributed by atoms with Gasteiger partial charge in [0.15, 0.2) is 6.10 Å². The molecule has 146 valence electrons. The third-order valence-electron chi connectivity index (χ3n) is 4.57. The highest BCUT2D eigenvalue weighted by atomic mass is 16.5. The van der Waals surface area contributed by atoms with Crippen LogP contribution in [-0.4, -0.2) is 32.1 Å². The maximum absolute atomic E-state index is 12.2. The fraction of sp³-hybridized carbons (Fsp3) is 0.435. The molecular weight excluding hydrogens is 336 g/mol. The number of hydrogen-bond donors (Lipinski definition) is 1. The zero-order valence-electron chi connectivity index (χ0n) is 17.2. The molecule has 2 aromatic carbocycles. The SMILES string of the molecule is CC(Oc1ccc(C(C)(C)C)cc1)C(=O)NCCCN(C)c1ccccc1. The number of amides is 1. The highest BCUT2D eigenvalue weighted by molar-refractivity contribution is 5.80. The molecule has 1 N–H and O–H groups in total. The third-order valence-corrected chi connectivity index (χ3v) is 4.57. The van der Waals surface area contributed by atoms with Crippen LogP contribution in [0.5, 0.6) is 5.75 Å². The van der Waals surface area contributed by atoms with Gasteiger partial charge in [-0.05, 0) is 48.6 Å². The minimum atomic E-state index is -0.516. The van der Waals surface area contributed by atoms with Gasteiger partial charge in [-0.1, -0.05) is 51.1 Å². The zero-order valence-corrected chi connectivity index (χ0v) is 17.2. The summed E-state index contributed by atoms with van der Waals surface area (Å²) < 4.78 is 5.77. The normalized spacial score (nSPS) is 12.3. The minimum absolute atomic E-state index is 0.0859. The number of nitrogens with zero attached hydrogens (tertiary/aromatic N) is 1. The average molecular weight is 369 g/mol. The van der Waals surface area contributed by atoms with Crippen LogP contribution >= 0.6 is 0 Å². The molecule has 1 atom stereocenters. The van der Waals surface area contributed by atoms with Gasteiger partial charge in [0.2, 0.25) is 0 Å². The summed E-state index contributed by atoms with van der Waals surface area (Å²) in [6, 6.07) is 18.2. The second-order valence-electron chi connectivity index (χ2n) is 7.94. The number of hydrogen-bond acceptors (Lipinski definition) is 3. The van der Waals surface area contributed by atoms with Crippen molar-refractivity contribution in [2.24, 2.45) is 0 Å². The Morgan fingerprint density at radius 1 is 1.07 bits per heavy atom. The van der Waals surface area contributed by atoms with Gasteiger partial charge in [0.05, 0.1) is 0 Å². The van der Waals surface area contributed by atoms with E-state index in [0.717, 1.165) is 18.7 Å². The number of carbonyl (C=O) groups excluding carboxylic acids is 1. The first-order valence-corrected chi connectivity index (χ1v) is 9.58. The number of ether oxygens (including phenoxy) is 1. The summed E-state index contributed by atoms with van der Waals surface area (Å²) in [5.41, 5.74) is 2.53. The molecule has 0 aliphatic heterocycles. The molecule has 0 aliphatic carbocycles. The van der Waals surface area contributed by atoms with Crippen LogP contribution in [0, 0.1) is 0 Å². The van der Waals surface area contributed by atoms with Crippen LogP contribution in [-0.2, 0) is 10.2 Å². The molecule has 0 radical (unpaired) electrons. The number of rotatable bonds is 8. The largest absolute Gasteiger partial charge is 0.481 e. The Kier molecular flexibility index (Phi) is 7.28. The zero-order chi connectivity index (χ0) is 19.9. The quantitative estimate of drug-likeness (QED) is 0.703. The van der Waals surface area contributed by atoms with E-state index in [0.29, 0.717) is 6.54 Å². The molecule has 0 fully saturated rings. The lowest BCUT2D eigenvalue weighted by Gasteiger charge is -2.21. The van der Waals surface area contributed by atoms with Crippen LogP contribution in [0.25, 0.3) is 0 Å². The molecule has 0 aromatic heterocycles. The summed E-state index contributed by atoms with van der Waals surface area (Å²) >= 11 is 0. The van der Waals surface area contributed by atoms with Crippen molar-refractivity contribution in [1.29, 1.82) is 0 Å². The molecule has 0 aliphatic rings. The van der Waals surface area contributed by atoms with E-state index in [9.17, 15) is 4.79 Å². The van der Waals surface area contributed by atoms with Gasteiger partial charge in [0.25, 0.3) is 5.91 Å². The highest BCUT2D eigenvalue weighted by Crippen LogP contribution is 2.24. The smallest absolute Gasteiger partial charge is 0.260 e. The minimum Gasteiger partial charge on any atom is -0.481 e. The summed E-state index contributed by atoms with van der Waals surface area (Å²) in [6.07, 6.45) is 0.363. The van der Waals surface area contributed by atoms with Crippen molar-refractivity contribution in [2.45, 2.75) is 45.6 Å². The van der Waals surface area contributed by atoms with E-state index in [4.69, 9.17) is 4.74 Å². The molecule has 2 rings (SSSR count). The monoisotopic (exact) mass is 368 g/mol. The third kappa shape index (κ3) is 6.63. The summed E-state index contributed by atoms with van der Waals surface area (Å²) in [6.45, 7) is 9.82. The first-order valence-electron chi connectivity index (χ1n) is 9.58. The first-order chi connectivity index (χ1) is 12.8. The van der Waals surface area contributed by atoms with E-state index >= 15 is 0 Å². The van der Waals surface area contributed by atoms with Crippen LogP contribution in [0.15, 0.2) is 54.6 Å². The molecule has 0 heterocycles. The average Bonchev–Trinajstić information content (AvgIpc) is 2.65. The fourth-order valence-electron chi connectivity index (χ4n) is 2.77. The van der Waals surface area contributed by atoms with E-state index in [1.54, 1.807) is 6.92 Å². The summed E-state index contributed by atoms with van der Waals surface area (Å²) in [7, 11) is 2.06. The summed E-state index contributed by atoms with van der Waals surface area (Å²) in [4.78, 5) is 14.4. The van der Waals surface area contributed by atoms with Gasteiger partial charge in [-0.25, -0.2) is 0 Å². The number of carbonyl (C=O) groups is 1. The summed E-state index contributed by atoms with van der Waals surface area (Å²) in [5.74, 6) is 0.631. The lowest BCUT2D eigenvalue weighted by Crippen LogP contribution is -2.37. The number of para-hydroxylation sites is 1. The van der Waals surface area contributed by atoms with Gasteiger partial charge in [-0.2, -0.15) is 0 Å². The van der Waals surface area contributed by atoms with Crippen LogP contribution in [0.1, 0.15) is 39.7 Å². The van der Waals surface area contributed by atoms with Gasteiger partial charge in [-0.3, -0.25) is 4.79 Å². The Morgan fingerprint density at radius 3 is 2.30 bits per heavy atom. The van der Waals surface area contributed by atoms with E-state index in [-0.39, 0.29) is 11.3 Å². The molecule has 0 saturated carbocycles. The van der Waals surface area contributed by atoms with Gasteiger partial charge in [-0.15, -0.1) is 0 Å². The molecular formula is C23H32N2O2. The topological polar surface area (TPSA) is 41.6 Å². The van der Waals surface area contributed by atoms with Gasteiger partial charge < -0.3 is 15.0 Å². The first kappa shape index (κ1) is 20.8. The van der Waals surface area contributed by atoms with E-state index in [1.165, 1.54) is 11.3 Å². The Hall–Kier alpha value is -2.49. The summed E-state index contributed by atoms with van der Waals surface area (Å²) in [5, 5.41) is 2.95. The van der Waals surface area contributed by atoms with Crippen LogP contribution in [0.4, 0.5) is 5.69 Å². The molecule has 27 heavy (non-hydrogen) atoms. The maximum atomic E-state index is 12.2. The predicted molar refractivity (Wildman–Crippen MR) is 113 cm³/mol. The Balaban J connectivity index is 1.72. The lowest BCUT2D eigenvalue weighted by atomic mass is 9.87. The van der Waals surface area contributed by atoms with Crippen LogP contribution in [0.2, 0.25) is 0 Å². The fourth-order valence-corrected chi connectivity index (χ4v) is 2.77. The van der Waals surface area contributed by atoms with Crippen molar-refractivity contribution in [3.05, 3.63) is 60.2 Å². The van der Waals surface area contributed by atoms with E-state index < -0.39 is 6.10 Å². The second kappa shape index (κ2) is 9.45. The predicted octanol–water partition coefficient (Wildman–Crippen LogP) is 4.39. The van der Waals surface area contributed by atoms with Crippen LogP contribution < -0.4 is 15.0 Å². The Labute approximate surface area is 163 Å². The number of anilines is 1. The number of nitrogens with one attached hydrogen (secondary N) is 1. The molecule has 0 bridgehead atoms. The Morgan fingerprint density at radius 2 is 1.70 bits per heavy atom. The molecule has 1 amide bonds. The van der Waals surface area contributed by atoms with Crippen molar-refractivity contribution >= 4 is 11.6 Å². The van der Waals surface area contributed by atoms with E-state index in [2.05, 4.69) is 62.3 Å². The van der Waals surface area contributed by atoms with Gasteiger partial charge in [0, 0.05) is 25.8 Å². The van der Waals surface area contributed by atoms with Crippen molar-refractivity contribution in [3.63, 3.8) is 0 Å². The lowest BCUT2D eigenvalue weighted by molar-refractivity contribution is -0.127. The molecule has 0 saturated heterocycles. The molecule has 1 unspecified atom stereocenters. The van der Waals surface area contributed by atoms with Crippen molar-refractivity contribution in [2.75, 3.05) is 25.0 Å². The maximum Gasteiger partial charge on any atom is 0.260 e. The number of benzene rings is 2. The molecule has 4 heteroatoms. The standard InChI is InChI=1S/C23H32N2O2/c1-18(27-21-14-12-19(13-15-21)23(2,3)4)22(26)24-16-9-17-25(5)20-10-7-6-8-11-20/h6-8,10-15,18H,9,16-17H2,1-5H3,(H,24,26).